The number of rotatable bonds is 4. The molecule has 1 aliphatic heterocycles. The summed E-state index contributed by atoms with van der Waals surface area (Å²) < 4.78 is 1.82. The number of hydrogen-bond donors (Lipinski definition) is 2. The van der Waals surface area contributed by atoms with Gasteiger partial charge in [0.2, 0.25) is 5.16 Å². The van der Waals surface area contributed by atoms with E-state index in [4.69, 9.17) is 0 Å². The quantitative estimate of drug-likeness (QED) is 0.749. The molecule has 1 saturated heterocycles. The van der Waals surface area contributed by atoms with Crippen molar-refractivity contribution in [1.29, 1.82) is 0 Å². The maximum absolute atomic E-state index is 10.3. The van der Waals surface area contributed by atoms with Crippen molar-refractivity contribution in [3.05, 3.63) is 43.1 Å². The van der Waals surface area contributed by atoms with E-state index in [9.17, 15) is 5.11 Å². The highest BCUT2D eigenvalue weighted by atomic mass is 32.2. The van der Waals surface area contributed by atoms with Gasteiger partial charge in [-0.1, -0.05) is 11.8 Å². The molecule has 0 aliphatic carbocycles. The summed E-state index contributed by atoms with van der Waals surface area (Å²) >= 11 is 1.64. The van der Waals surface area contributed by atoms with E-state index in [1.807, 2.05) is 22.9 Å². The molecule has 1 aromatic carbocycles. The van der Waals surface area contributed by atoms with Crippen LogP contribution in [0.2, 0.25) is 0 Å². The summed E-state index contributed by atoms with van der Waals surface area (Å²) in [7, 11) is 0. The van der Waals surface area contributed by atoms with E-state index in [2.05, 4.69) is 25.5 Å². The van der Waals surface area contributed by atoms with Crippen molar-refractivity contribution in [2.75, 3.05) is 13.1 Å². The summed E-state index contributed by atoms with van der Waals surface area (Å²) in [5.41, 5.74) is 1.99. The molecule has 0 bridgehead atoms. The lowest BCUT2D eigenvalue weighted by atomic mass is 10.1. The lowest BCUT2D eigenvalue weighted by Gasteiger charge is -2.08. The third-order valence-electron chi connectivity index (χ3n) is 3.89. The van der Waals surface area contributed by atoms with Gasteiger partial charge in [0.15, 0.2) is 0 Å². The van der Waals surface area contributed by atoms with Gasteiger partial charge < -0.3 is 15.0 Å². The molecule has 3 aromatic rings. The van der Waals surface area contributed by atoms with Crippen LogP contribution in [0.4, 0.5) is 0 Å². The zero-order chi connectivity index (χ0) is 16.4. The highest BCUT2D eigenvalue weighted by molar-refractivity contribution is 7.99. The molecule has 0 saturated carbocycles. The molecule has 2 N–H and O–H groups in total. The third-order valence-corrected chi connectivity index (χ3v) is 5.02. The molecule has 0 spiro atoms. The molecule has 0 radical (unpaired) electrons. The number of nitrogens with zero attached hydrogens (tertiary/aromatic N) is 5. The number of phenolic OH excluding ortho intramolecular Hbond substituents is 1. The van der Waals surface area contributed by atoms with Gasteiger partial charge in [-0.15, -0.1) is 10.2 Å². The Morgan fingerprint density at radius 2 is 2.25 bits per heavy atom. The fourth-order valence-electron chi connectivity index (χ4n) is 2.63. The minimum absolute atomic E-state index is 0.137. The second kappa shape index (κ2) is 6.58. The van der Waals surface area contributed by atoms with E-state index in [1.165, 1.54) is 0 Å². The van der Waals surface area contributed by atoms with Gasteiger partial charge in [-0.2, -0.15) is 0 Å². The van der Waals surface area contributed by atoms with Gasteiger partial charge in [0, 0.05) is 35.8 Å². The normalized spacial score (nSPS) is 17.2. The molecule has 7 nitrogen and oxygen atoms in total. The van der Waals surface area contributed by atoms with E-state index >= 15 is 0 Å². The van der Waals surface area contributed by atoms with Crippen molar-refractivity contribution in [3.8, 4) is 22.7 Å². The van der Waals surface area contributed by atoms with Crippen molar-refractivity contribution in [3.63, 3.8) is 0 Å². The van der Waals surface area contributed by atoms with Gasteiger partial charge in [0.25, 0.3) is 0 Å². The van der Waals surface area contributed by atoms with Crippen LogP contribution in [0.15, 0.2) is 48.3 Å². The number of aromatic hydroxyl groups is 1. The van der Waals surface area contributed by atoms with E-state index in [0.29, 0.717) is 21.7 Å². The zero-order valence-corrected chi connectivity index (χ0v) is 13.6. The molecule has 4 rings (SSSR count). The SMILES string of the molecule is Oc1cc(-n2ccnc2)ccc1-c1cnc(S[C@H]2CCNC2)nn1. The summed E-state index contributed by atoms with van der Waals surface area (Å²) in [6, 6.07) is 5.38. The molecule has 0 amide bonds. The van der Waals surface area contributed by atoms with Crippen molar-refractivity contribution >= 4 is 11.8 Å². The Bertz CT molecular complexity index is 815. The summed E-state index contributed by atoms with van der Waals surface area (Å²) in [4.78, 5) is 8.37. The van der Waals surface area contributed by atoms with E-state index in [1.54, 1.807) is 36.5 Å². The number of imidazole rings is 1. The Hall–Kier alpha value is -2.45. The summed E-state index contributed by atoms with van der Waals surface area (Å²) in [5.74, 6) is 0.137. The van der Waals surface area contributed by atoms with Gasteiger partial charge in [-0.3, -0.25) is 0 Å². The third kappa shape index (κ3) is 3.10. The van der Waals surface area contributed by atoms with Crippen LogP contribution < -0.4 is 5.32 Å². The van der Waals surface area contributed by atoms with E-state index in [0.717, 1.165) is 25.2 Å². The molecular formula is C16H16N6OS. The number of benzene rings is 1. The van der Waals surface area contributed by atoms with Crippen LogP contribution in [-0.2, 0) is 0 Å². The Morgan fingerprint density at radius 1 is 1.29 bits per heavy atom. The molecule has 1 atom stereocenters. The first kappa shape index (κ1) is 15.1. The Morgan fingerprint density at radius 3 is 2.92 bits per heavy atom. The number of phenols is 1. The first-order valence-electron chi connectivity index (χ1n) is 7.68. The van der Waals surface area contributed by atoms with Crippen LogP contribution in [0.25, 0.3) is 16.9 Å². The van der Waals surface area contributed by atoms with Gasteiger partial charge in [0.05, 0.1) is 18.2 Å². The Labute approximate surface area is 143 Å². The van der Waals surface area contributed by atoms with Crippen molar-refractivity contribution < 1.29 is 5.11 Å². The van der Waals surface area contributed by atoms with E-state index in [-0.39, 0.29) is 5.75 Å². The number of thioether (sulfide) groups is 1. The largest absolute Gasteiger partial charge is 0.507 e. The highest BCUT2D eigenvalue weighted by Gasteiger charge is 2.17. The molecular weight excluding hydrogens is 324 g/mol. The number of hydrogen-bond acceptors (Lipinski definition) is 7. The standard InChI is InChI=1S/C16H16N6OS/c23-15-7-11(22-6-5-18-10-22)1-2-13(15)14-9-19-16(21-20-14)24-12-3-4-17-8-12/h1-2,5-7,9-10,12,17,23H,3-4,8H2/t12-/m0/s1. The number of aromatic nitrogens is 5. The number of nitrogens with one attached hydrogen (secondary N) is 1. The first-order chi connectivity index (χ1) is 11.8. The van der Waals surface area contributed by atoms with Gasteiger partial charge >= 0.3 is 0 Å². The average Bonchev–Trinajstić information content (AvgIpc) is 3.29. The van der Waals surface area contributed by atoms with Crippen LogP contribution >= 0.6 is 11.8 Å². The van der Waals surface area contributed by atoms with Crippen molar-refractivity contribution in [1.82, 2.24) is 30.0 Å². The van der Waals surface area contributed by atoms with Crippen molar-refractivity contribution in [2.45, 2.75) is 16.8 Å². The van der Waals surface area contributed by atoms with Gasteiger partial charge in [-0.05, 0) is 25.1 Å². The monoisotopic (exact) mass is 340 g/mol. The highest BCUT2D eigenvalue weighted by Crippen LogP contribution is 2.30. The predicted molar refractivity (Wildman–Crippen MR) is 91.2 cm³/mol. The molecule has 3 heterocycles. The fraction of sp³-hybridized carbons (Fsp3) is 0.250. The minimum Gasteiger partial charge on any atom is -0.507 e. The molecule has 1 aliphatic rings. The maximum atomic E-state index is 10.3. The second-order valence-corrected chi connectivity index (χ2v) is 6.80. The fourth-order valence-corrected chi connectivity index (χ4v) is 3.57. The Balaban J connectivity index is 1.54. The molecule has 2 aromatic heterocycles. The predicted octanol–water partition coefficient (Wildman–Crippen LogP) is 1.88. The topological polar surface area (TPSA) is 88.8 Å². The van der Waals surface area contributed by atoms with Crippen molar-refractivity contribution in [2.24, 2.45) is 0 Å². The maximum Gasteiger partial charge on any atom is 0.209 e. The second-order valence-electron chi connectivity index (χ2n) is 5.53. The zero-order valence-electron chi connectivity index (χ0n) is 12.8. The van der Waals surface area contributed by atoms with Crippen LogP contribution in [0, 0.1) is 0 Å². The Kier molecular flexibility index (Phi) is 4.14. The van der Waals surface area contributed by atoms with Gasteiger partial charge in [-0.25, -0.2) is 9.97 Å². The smallest absolute Gasteiger partial charge is 0.209 e. The van der Waals surface area contributed by atoms with Crippen LogP contribution in [-0.4, -0.2) is 48.2 Å². The van der Waals surface area contributed by atoms with E-state index < -0.39 is 0 Å². The van der Waals surface area contributed by atoms with Crippen LogP contribution in [0.1, 0.15) is 6.42 Å². The molecule has 0 unspecified atom stereocenters. The van der Waals surface area contributed by atoms with Gasteiger partial charge in [0.1, 0.15) is 11.4 Å². The van der Waals surface area contributed by atoms with Crippen LogP contribution in [0.5, 0.6) is 5.75 Å². The summed E-state index contributed by atoms with van der Waals surface area (Å²) in [6.07, 6.45) is 7.96. The molecule has 24 heavy (non-hydrogen) atoms. The molecule has 122 valence electrons. The van der Waals surface area contributed by atoms with Crippen LogP contribution in [0.3, 0.4) is 0 Å². The minimum atomic E-state index is 0.137. The molecule has 1 fully saturated rings. The first-order valence-corrected chi connectivity index (χ1v) is 8.56. The lowest BCUT2D eigenvalue weighted by Crippen LogP contribution is -2.10. The summed E-state index contributed by atoms with van der Waals surface area (Å²) in [5, 5.41) is 23.2. The average molecular weight is 340 g/mol. The summed E-state index contributed by atoms with van der Waals surface area (Å²) in [6.45, 7) is 2.02. The molecule has 8 heteroatoms. The lowest BCUT2D eigenvalue weighted by molar-refractivity contribution is 0.476.